The minimum atomic E-state index is 0.407. The summed E-state index contributed by atoms with van der Waals surface area (Å²) >= 11 is 6.45. The fourth-order valence-corrected chi connectivity index (χ4v) is 3.15. The lowest BCUT2D eigenvalue weighted by atomic mass is 10.0. The van der Waals surface area contributed by atoms with Crippen LogP contribution in [0.4, 0.5) is 0 Å². The van der Waals surface area contributed by atoms with Crippen LogP contribution in [0.3, 0.4) is 0 Å². The van der Waals surface area contributed by atoms with Crippen molar-refractivity contribution in [3.63, 3.8) is 0 Å². The lowest BCUT2D eigenvalue weighted by molar-refractivity contribution is 0.362. The molecule has 25 heavy (non-hydrogen) atoms. The lowest BCUT2D eigenvalue weighted by Crippen LogP contribution is -2.26. The summed E-state index contributed by atoms with van der Waals surface area (Å²) in [6.07, 6.45) is 1.06. The van der Waals surface area contributed by atoms with Crippen LogP contribution >= 0.6 is 11.6 Å². The third-order valence-corrected chi connectivity index (χ3v) is 5.17. The average molecular weight is 351 g/mol. The summed E-state index contributed by atoms with van der Waals surface area (Å²) in [5, 5.41) is 2.94. The zero-order valence-electron chi connectivity index (χ0n) is 15.0. The highest BCUT2D eigenvalue weighted by molar-refractivity contribution is 6.33. The van der Waals surface area contributed by atoms with Gasteiger partial charge in [-0.3, -0.25) is 0 Å². The van der Waals surface area contributed by atoms with E-state index in [0.29, 0.717) is 11.1 Å². The van der Waals surface area contributed by atoms with Gasteiger partial charge in [-0.1, -0.05) is 67.6 Å². The van der Waals surface area contributed by atoms with Gasteiger partial charge < -0.3 is 4.90 Å². The first-order valence-electron chi connectivity index (χ1n) is 8.59. The van der Waals surface area contributed by atoms with Gasteiger partial charge >= 0.3 is 0 Å². The van der Waals surface area contributed by atoms with Gasteiger partial charge in [0.1, 0.15) is 0 Å². The summed E-state index contributed by atoms with van der Waals surface area (Å²) in [6.45, 7) is 8.66. The molecule has 0 unspecified atom stereocenters. The van der Waals surface area contributed by atoms with E-state index >= 15 is 0 Å². The number of aromatic nitrogens is 1. The lowest BCUT2D eigenvalue weighted by Gasteiger charge is -2.28. The van der Waals surface area contributed by atoms with Crippen molar-refractivity contribution in [1.29, 1.82) is 0 Å². The SMILES string of the molecule is C=C(c1cc2ccccc2c(-c2ccccc2Cl)n1)N(C)[C@H](C)CC. The largest absolute Gasteiger partial charge is 0.371 e. The van der Waals surface area contributed by atoms with Crippen molar-refractivity contribution in [3.8, 4) is 11.3 Å². The summed E-state index contributed by atoms with van der Waals surface area (Å²) in [5.74, 6) is 0. The number of hydrogen-bond acceptors (Lipinski definition) is 2. The molecule has 0 saturated carbocycles. The first-order chi connectivity index (χ1) is 12.0. The molecule has 0 amide bonds. The van der Waals surface area contributed by atoms with E-state index in [1.807, 2.05) is 36.4 Å². The maximum atomic E-state index is 6.45. The van der Waals surface area contributed by atoms with E-state index in [-0.39, 0.29) is 0 Å². The van der Waals surface area contributed by atoms with E-state index < -0.39 is 0 Å². The predicted octanol–water partition coefficient (Wildman–Crippen LogP) is 6.26. The highest BCUT2D eigenvalue weighted by atomic mass is 35.5. The van der Waals surface area contributed by atoms with E-state index in [4.69, 9.17) is 16.6 Å². The zero-order valence-corrected chi connectivity index (χ0v) is 15.7. The fourth-order valence-electron chi connectivity index (χ4n) is 2.93. The van der Waals surface area contributed by atoms with Crippen LogP contribution in [-0.2, 0) is 0 Å². The van der Waals surface area contributed by atoms with Crippen molar-refractivity contribution in [2.45, 2.75) is 26.3 Å². The maximum Gasteiger partial charge on any atom is 0.0870 e. The van der Waals surface area contributed by atoms with Crippen molar-refractivity contribution in [2.75, 3.05) is 7.05 Å². The Labute approximate surface area is 154 Å². The number of rotatable bonds is 5. The average Bonchev–Trinajstić information content (AvgIpc) is 2.65. The van der Waals surface area contributed by atoms with Crippen LogP contribution < -0.4 is 0 Å². The molecule has 3 heteroatoms. The molecule has 2 nitrogen and oxygen atoms in total. The third kappa shape index (κ3) is 3.40. The van der Waals surface area contributed by atoms with Crippen LogP contribution in [0.5, 0.6) is 0 Å². The van der Waals surface area contributed by atoms with Gasteiger partial charge in [-0.2, -0.15) is 0 Å². The van der Waals surface area contributed by atoms with Gasteiger partial charge in [0.05, 0.1) is 17.1 Å². The Morgan fingerprint density at radius 1 is 1.16 bits per heavy atom. The third-order valence-electron chi connectivity index (χ3n) is 4.84. The summed E-state index contributed by atoms with van der Waals surface area (Å²) in [7, 11) is 2.07. The first kappa shape index (κ1) is 17.5. The molecule has 1 heterocycles. The van der Waals surface area contributed by atoms with Gasteiger partial charge in [-0.15, -0.1) is 0 Å². The van der Waals surface area contributed by atoms with Crippen LogP contribution in [0.25, 0.3) is 27.7 Å². The number of benzene rings is 2. The highest BCUT2D eigenvalue weighted by Gasteiger charge is 2.16. The summed E-state index contributed by atoms with van der Waals surface area (Å²) in [6, 6.07) is 18.6. The van der Waals surface area contributed by atoms with Crippen molar-refractivity contribution >= 4 is 28.1 Å². The topological polar surface area (TPSA) is 16.1 Å². The predicted molar refractivity (Wildman–Crippen MR) is 109 cm³/mol. The molecule has 0 saturated heterocycles. The fraction of sp³-hybridized carbons (Fsp3) is 0.227. The standard InChI is InChI=1S/C22H23ClN2/c1-5-15(2)25(4)16(3)21-14-17-10-6-7-11-18(17)22(24-21)19-12-8-9-13-20(19)23/h6-15H,3,5H2,1-2,4H3/t15-/m1/s1. The molecule has 1 aromatic heterocycles. The molecule has 1 atom stereocenters. The number of pyridine rings is 1. The normalized spacial score (nSPS) is 12.2. The van der Waals surface area contributed by atoms with Crippen LogP contribution in [0.2, 0.25) is 5.02 Å². The molecule has 128 valence electrons. The minimum absolute atomic E-state index is 0.407. The number of fused-ring (bicyclic) bond motifs is 1. The summed E-state index contributed by atoms with van der Waals surface area (Å²) in [5.41, 5.74) is 3.66. The molecule has 2 aromatic carbocycles. The van der Waals surface area contributed by atoms with Gasteiger partial charge in [0.15, 0.2) is 0 Å². The van der Waals surface area contributed by atoms with Crippen molar-refractivity contribution in [1.82, 2.24) is 9.88 Å². The van der Waals surface area contributed by atoms with Gasteiger partial charge in [0.2, 0.25) is 0 Å². The molecular weight excluding hydrogens is 328 g/mol. The molecule has 0 aliphatic rings. The number of nitrogens with zero attached hydrogens (tertiary/aromatic N) is 2. The van der Waals surface area contributed by atoms with Gasteiger partial charge in [0.25, 0.3) is 0 Å². The zero-order chi connectivity index (χ0) is 18.0. The molecule has 0 aliphatic heterocycles. The molecule has 0 N–H and O–H groups in total. The smallest absolute Gasteiger partial charge is 0.0870 e. The second-order valence-electron chi connectivity index (χ2n) is 6.37. The molecule has 0 spiro atoms. The highest BCUT2D eigenvalue weighted by Crippen LogP contribution is 2.34. The summed E-state index contributed by atoms with van der Waals surface area (Å²) in [4.78, 5) is 7.13. The van der Waals surface area contributed by atoms with Gasteiger partial charge in [-0.25, -0.2) is 4.98 Å². The molecule has 0 fully saturated rings. The van der Waals surface area contributed by atoms with Gasteiger partial charge in [0, 0.05) is 29.1 Å². The Bertz CT molecular complexity index is 917. The first-order valence-corrected chi connectivity index (χ1v) is 8.97. The molecule has 0 bridgehead atoms. The molecule has 0 aliphatic carbocycles. The Morgan fingerprint density at radius 3 is 2.56 bits per heavy atom. The molecule has 0 radical (unpaired) electrons. The Hall–Kier alpha value is -2.32. The van der Waals surface area contributed by atoms with Crippen LogP contribution in [0.1, 0.15) is 26.0 Å². The Kier molecular flexibility index (Phi) is 5.10. The Balaban J connectivity index is 2.20. The van der Waals surface area contributed by atoms with E-state index in [1.54, 1.807) is 0 Å². The molecular formula is C22H23ClN2. The second kappa shape index (κ2) is 7.28. The Morgan fingerprint density at radius 2 is 1.84 bits per heavy atom. The maximum absolute atomic E-state index is 6.45. The van der Waals surface area contributed by atoms with Crippen molar-refractivity contribution in [2.24, 2.45) is 0 Å². The van der Waals surface area contributed by atoms with Gasteiger partial charge in [-0.05, 0) is 30.9 Å². The van der Waals surface area contributed by atoms with Crippen LogP contribution in [-0.4, -0.2) is 23.0 Å². The minimum Gasteiger partial charge on any atom is -0.371 e. The monoisotopic (exact) mass is 350 g/mol. The number of halogens is 1. The van der Waals surface area contributed by atoms with E-state index in [2.05, 4.69) is 50.6 Å². The number of hydrogen-bond donors (Lipinski definition) is 0. The molecule has 3 aromatic rings. The van der Waals surface area contributed by atoms with E-state index in [9.17, 15) is 0 Å². The quantitative estimate of drug-likeness (QED) is 0.540. The van der Waals surface area contributed by atoms with Crippen molar-refractivity contribution < 1.29 is 0 Å². The molecule has 3 rings (SSSR count). The van der Waals surface area contributed by atoms with E-state index in [0.717, 1.165) is 39.8 Å². The van der Waals surface area contributed by atoms with Crippen LogP contribution in [0, 0.1) is 0 Å². The van der Waals surface area contributed by atoms with Crippen molar-refractivity contribution in [3.05, 3.63) is 71.9 Å². The van der Waals surface area contributed by atoms with Crippen LogP contribution in [0.15, 0.2) is 61.2 Å². The second-order valence-corrected chi connectivity index (χ2v) is 6.78. The van der Waals surface area contributed by atoms with E-state index in [1.165, 1.54) is 0 Å². The summed E-state index contributed by atoms with van der Waals surface area (Å²) < 4.78 is 0.